The van der Waals surface area contributed by atoms with Crippen LogP contribution in [0.5, 0.6) is 0 Å². The Bertz CT molecular complexity index is 967. The number of carbonyl (C=O) groups is 3. The largest absolute Gasteiger partial charge is 0.456 e. The summed E-state index contributed by atoms with van der Waals surface area (Å²) in [6.45, 7) is 2.15. The molecule has 0 N–H and O–H groups in total. The van der Waals surface area contributed by atoms with E-state index in [0.29, 0.717) is 23.2 Å². The lowest BCUT2D eigenvalue weighted by Gasteiger charge is -2.20. The van der Waals surface area contributed by atoms with E-state index in [9.17, 15) is 14.4 Å². The Labute approximate surface area is 181 Å². The van der Waals surface area contributed by atoms with Crippen LogP contribution in [-0.4, -0.2) is 45.9 Å². The Morgan fingerprint density at radius 1 is 1.10 bits per heavy atom. The average Bonchev–Trinajstić information content (AvgIpc) is 3.51. The van der Waals surface area contributed by atoms with E-state index >= 15 is 0 Å². The number of aromatic nitrogens is 2. The number of hydrogen-bond acceptors (Lipinski definition) is 9. The van der Waals surface area contributed by atoms with E-state index in [-0.39, 0.29) is 31.1 Å². The molecular formula is C20H21N3O5S2. The van der Waals surface area contributed by atoms with E-state index in [1.165, 1.54) is 27.6 Å². The lowest BCUT2D eigenvalue weighted by Crippen LogP contribution is -2.35. The smallest absolute Gasteiger partial charge is 0.306 e. The number of Topliss-reactive ketones (excluding diaryl/α,β-unsaturated/α-hetero) is 1. The van der Waals surface area contributed by atoms with Crippen LogP contribution in [0.3, 0.4) is 0 Å². The standard InChI is InChI=1S/C20H21N3O5S2/c1-2-9-23(12-17-21-22-20(28-17)16-6-4-11-30-16)18(25)13-27-19(26)8-7-14(24)15-5-3-10-29-15/h3-6,10-11H,2,7-9,12-13H2,1H3. The summed E-state index contributed by atoms with van der Waals surface area (Å²) in [6.07, 6.45) is 0.715. The monoisotopic (exact) mass is 447 g/mol. The van der Waals surface area contributed by atoms with Gasteiger partial charge in [0.1, 0.15) is 0 Å². The van der Waals surface area contributed by atoms with Gasteiger partial charge in [0.25, 0.3) is 11.8 Å². The van der Waals surface area contributed by atoms with Crippen LogP contribution in [0.2, 0.25) is 0 Å². The highest BCUT2D eigenvalue weighted by molar-refractivity contribution is 7.13. The molecule has 0 radical (unpaired) electrons. The van der Waals surface area contributed by atoms with Crippen molar-refractivity contribution in [2.45, 2.75) is 32.7 Å². The number of ether oxygens (including phenoxy) is 1. The zero-order valence-electron chi connectivity index (χ0n) is 16.4. The normalized spacial score (nSPS) is 10.7. The molecule has 0 fully saturated rings. The molecular weight excluding hydrogens is 426 g/mol. The number of thiophene rings is 2. The predicted molar refractivity (Wildman–Crippen MR) is 112 cm³/mol. The van der Waals surface area contributed by atoms with Gasteiger partial charge in [0, 0.05) is 13.0 Å². The molecule has 1 amide bonds. The van der Waals surface area contributed by atoms with Gasteiger partial charge in [-0.15, -0.1) is 32.9 Å². The zero-order chi connectivity index (χ0) is 21.3. The summed E-state index contributed by atoms with van der Waals surface area (Å²) < 4.78 is 10.7. The molecule has 3 aromatic heterocycles. The zero-order valence-corrected chi connectivity index (χ0v) is 18.0. The summed E-state index contributed by atoms with van der Waals surface area (Å²) in [5, 5.41) is 11.7. The fourth-order valence-electron chi connectivity index (χ4n) is 2.62. The molecule has 0 aliphatic carbocycles. The van der Waals surface area contributed by atoms with Crippen LogP contribution < -0.4 is 0 Å². The van der Waals surface area contributed by atoms with Crippen molar-refractivity contribution in [2.75, 3.05) is 13.2 Å². The van der Waals surface area contributed by atoms with Crippen LogP contribution in [-0.2, 0) is 20.9 Å². The maximum Gasteiger partial charge on any atom is 0.306 e. The van der Waals surface area contributed by atoms with Crippen molar-refractivity contribution in [1.82, 2.24) is 15.1 Å². The van der Waals surface area contributed by atoms with Crippen molar-refractivity contribution >= 4 is 40.3 Å². The number of rotatable bonds is 11. The first-order valence-electron chi connectivity index (χ1n) is 9.43. The van der Waals surface area contributed by atoms with Gasteiger partial charge in [-0.25, -0.2) is 0 Å². The molecule has 0 aliphatic rings. The Kier molecular flexibility index (Phi) is 7.86. The molecule has 0 aliphatic heterocycles. The molecule has 0 aromatic carbocycles. The van der Waals surface area contributed by atoms with Gasteiger partial charge in [0.05, 0.1) is 22.7 Å². The van der Waals surface area contributed by atoms with Crippen LogP contribution in [0.15, 0.2) is 39.4 Å². The second-order valence-electron chi connectivity index (χ2n) is 6.35. The Morgan fingerprint density at radius 3 is 2.60 bits per heavy atom. The summed E-state index contributed by atoms with van der Waals surface area (Å²) in [6, 6.07) is 7.26. The third-order valence-electron chi connectivity index (χ3n) is 4.08. The van der Waals surface area contributed by atoms with Crippen LogP contribution in [0, 0.1) is 0 Å². The lowest BCUT2D eigenvalue weighted by atomic mass is 10.2. The molecule has 0 saturated heterocycles. The Hall–Kier alpha value is -2.85. The van der Waals surface area contributed by atoms with Gasteiger partial charge in [0.15, 0.2) is 12.4 Å². The highest BCUT2D eigenvalue weighted by Crippen LogP contribution is 2.23. The highest BCUT2D eigenvalue weighted by atomic mass is 32.1. The minimum Gasteiger partial charge on any atom is -0.456 e. The number of esters is 1. The molecule has 0 saturated carbocycles. The Balaban J connectivity index is 1.47. The maximum atomic E-state index is 12.5. The molecule has 0 spiro atoms. The quantitative estimate of drug-likeness (QED) is 0.325. The minimum atomic E-state index is -0.581. The predicted octanol–water partition coefficient (Wildman–Crippen LogP) is 3.80. The SMILES string of the molecule is CCCN(Cc1nnc(-c2cccs2)o1)C(=O)COC(=O)CCC(=O)c1cccs1. The second kappa shape index (κ2) is 10.8. The molecule has 3 aromatic rings. The summed E-state index contributed by atoms with van der Waals surface area (Å²) >= 11 is 2.81. The van der Waals surface area contributed by atoms with Gasteiger partial charge in [-0.05, 0) is 29.3 Å². The van der Waals surface area contributed by atoms with E-state index in [2.05, 4.69) is 10.2 Å². The fourth-order valence-corrected chi connectivity index (χ4v) is 3.96. The topological polar surface area (TPSA) is 103 Å². The number of amides is 1. The fraction of sp³-hybridized carbons (Fsp3) is 0.350. The maximum absolute atomic E-state index is 12.5. The number of nitrogens with zero attached hydrogens (tertiary/aromatic N) is 3. The number of carbonyl (C=O) groups excluding carboxylic acids is 3. The lowest BCUT2D eigenvalue weighted by molar-refractivity contribution is -0.152. The molecule has 30 heavy (non-hydrogen) atoms. The first kappa shape index (κ1) is 21.8. The minimum absolute atomic E-state index is 0.0553. The number of hydrogen-bond donors (Lipinski definition) is 0. The molecule has 3 heterocycles. The van der Waals surface area contributed by atoms with E-state index in [0.717, 1.165) is 11.3 Å². The van der Waals surface area contributed by atoms with Gasteiger partial charge >= 0.3 is 5.97 Å². The molecule has 3 rings (SSSR count). The molecule has 158 valence electrons. The second-order valence-corrected chi connectivity index (χ2v) is 8.25. The van der Waals surface area contributed by atoms with E-state index in [1.54, 1.807) is 17.5 Å². The van der Waals surface area contributed by atoms with Crippen LogP contribution in [0.1, 0.15) is 41.7 Å². The van der Waals surface area contributed by atoms with Crippen LogP contribution in [0.4, 0.5) is 0 Å². The third-order valence-corrected chi connectivity index (χ3v) is 5.85. The first-order chi connectivity index (χ1) is 14.6. The number of ketones is 1. The van der Waals surface area contributed by atoms with Gasteiger partial charge in [0.2, 0.25) is 5.89 Å². The van der Waals surface area contributed by atoms with Crippen molar-refractivity contribution in [2.24, 2.45) is 0 Å². The molecule has 8 nitrogen and oxygen atoms in total. The van der Waals surface area contributed by atoms with Crippen molar-refractivity contribution in [3.63, 3.8) is 0 Å². The van der Waals surface area contributed by atoms with Crippen molar-refractivity contribution < 1.29 is 23.5 Å². The van der Waals surface area contributed by atoms with E-state index in [4.69, 9.17) is 9.15 Å². The van der Waals surface area contributed by atoms with Crippen molar-refractivity contribution in [3.8, 4) is 10.8 Å². The first-order valence-corrected chi connectivity index (χ1v) is 11.2. The molecule has 0 bridgehead atoms. The van der Waals surface area contributed by atoms with Gasteiger partial charge in [-0.2, -0.15) is 0 Å². The van der Waals surface area contributed by atoms with E-state index in [1.807, 2.05) is 24.4 Å². The third kappa shape index (κ3) is 6.07. The van der Waals surface area contributed by atoms with Gasteiger partial charge in [-0.1, -0.05) is 19.1 Å². The van der Waals surface area contributed by atoms with Gasteiger partial charge < -0.3 is 14.1 Å². The summed E-state index contributed by atoms with van der Waals surface area (Å²) in [4.78, 5) is 39.3. The molecule has 0 atom stereocenters. The van der Waals surface area contributed by atoms with Crippen molar-refractivity contribution in [1.29, 1.82) is 0 Å². The summed E-state index contributed by atoms with van der Waals surface area (Å²) in [5.41, 5.74) is 0. The van der Waals surface area contributed by atoms with Crippen LogP contribution >= 0.6 is 22.7 Å². The van der Waals surface area contributed by atoms with Crippen molar-refractivity contribution in [3.05, 3.63) is 45.8 Å². The van der Waals surface area contributed by atoms with Crippen LogP contribution in [0.25, 0.3) is 10.8 Å². The van der Waals surface area contributed by atoms with E-state index < -0.39 is 12.6 Å². The molecule has 10 heteroatoms. The average molecular weight is 448 g/mol. The summed E-state index contributed by atoms with van der Waals surface area (Å²) in [5.74, 6) is -0.328. The highest BCUT2D eigenvalue weighted by Gasteiger charge is 2.19. The molecule has 0 unspecified atom stereocenters. The van der Waals surface area contributed by atoms with Gasteiger partial charge in [-0.3, -0.25) is 14.4 Å². The Morgan fingerprint density at radius 2 is 1.90 bits per heavy atom. The summed E-state index contributed by atoms with van der Waals surface area (Å²) in [7, 11) is 0.